The van der Waals surface area contributed by atoms with Crippen molar-refractivity contribution in [2.75, 3.05) is 26.3 Å². The average Bonchev–Trinajstić information content (AvgIpc) is 3.29. The molecule has 0 spiro atoms. The number of carbonyl (C=O) groups is 1. The van der Waals surface area contributed by atoms with Crippen LogP contribution in [0.3, 0.4) is 0 Å². The van der Waals surface area contributed by atoms with Crippen molar-refractivity contribution in [3.8, 4) is 16.3 Å². The Kier molecular flexibility index (Phi) is 9.35. The molecule has 11 heteroatoms. The largest absolute Gasteiger partial charge is 0.416 e. The second-order valence-corrected chi connectivity index (χ2v) is 11.3. The highest BCUT2D eigenvalue weighted by Crippen LogP contribution is 2.37. The van der Waals surface area contributed by atoms with Gasteiger partial charge in [0, 0.05) is 53.2 Å². The first-order chi connectivity index (χ1) is 18.1. The van der Waals surface area contributed by atoms with Crippen LogP contribution < -0.4 is 4.89 Å². The van der Waals surface area contributed by atoms with Gasteiger partial charge in [-0.25, -0.2) is 9.78 Å². The van der Waals surface area contributed by atoms with E-state index in [4.69, 9.17) is 19.5 Å². The zero-order chi connectivity index (χ0) is 27.3. The summed E-state index contributed by atoms with van der Waals surface area (Å²) in [5.41, 5.74) is 1.83. The summed E-state index contributed by atoms with van der Waals surface area (Å²) in [5.74, 6) is 0.766. The highest BCUT2D eigenvalue weighted by molar-refractivity contribution is 7.98. The first-order valence-corrected chi connectivity index (χ1v) is 14.0. The van der Waals surface area contributed by atoms with Crippen molar-refractivity contribution in [1.29, 1.82) is 0 Å². The molecule has 204 valence electrons. The highest BCUT2D eigenvalue weighted by atomic mass is 32.2. The fraction of sp³-hybridized carbons (Fsp3) is 0.407. The number of rotatable bonds is 9. The minimum absolute atomic E-state index is 0.146. The number of thioether (sulfide) groups is 1. The monoisotopic (exact) mass is 566 g/mol. The molecule has 2 aromatic carbocycles. The van der Waals surface area contributed by atoms with Crippen LogP contribution in [0.1, 0.15) is 48.4 Å². The van der Waals surface area contributed by atoms with Gasteiger partial charge >= 0.3 is 12.1 Å². The third-order valence-electron chi connectivity index (χ3n) is 5.94. The van der Waals surface area contributed by atoms with Crippen molar-refractivity contribution in [2.45, 2.75) is 50.1 Å². The van der Waals surface area contributed by atoms with Gasteiger partial charge in [0.15, 0.2) is 5.75 Å². The fourth-order valence-electron chi connectivity index (χ4n) is 3.91. The predicted octanol–water partition coefficient (Wildman–Crippen LogP) is 6.93. The number of thiazole rings is 1. The number of nitrogens with zero attached hydrogens (tertiary/aromatic N) is 2. The van der Waals surface area contributed by atoms with Crippen LogP contribution in [-0.2, 0) is 32.9 Å². The number of ether oxygens (including phenoxy) is 1. The zero-order valence-electron chi connectivity index (χ0n) is 21.3. The summed E-state index contributed by atoms with van der Waals surface area (Å²) in [6, 6.07) is 10.9. The lowest BCUT2D eigenvalue weighted by atomic mass is 10.0. The predicted molar refractivity (Wildman–Crippen MR) is 141 cm³/mol. The molecule has 0 N–H and O–H groups in total. The van der Waals surface area contributed by atoms with Gasteiger partial charge in [-0.05, 0) is 36.2 Å². The van der Waals surface area contributed by atoms with Gasteiger partial charge in [-0.2, -0.15) is 13.2 Å². The molecule has 0 bridgehead atoms. The summed E-state index contributed by atoms with van der Waals surface area (Å²) >= 11 is 3.15. The van der Waals surface area contributed by atoms with Crippen molar-refractivity contribution in [1.82, 2.24) is 9.88 Å². The summed E-state index contributed by atoms with van der Waals surface area (Å²) in [7, 11) is 0. The molecule has 2 heterocycles. The standard InChI is InChI=1S/C27H29F3N2O4S2/c1-17(2)22-14-21(8-9-24(22)36-35-18(3)33)37-16-25-23(15-32-10-12-34-13-11-32)31-26(38-25)19-4-6-20(7-5-19)27(28,29)30/h4-9,14,17H,10-13,15-16H2,1-3H3. The van der Waals surface area contributed by atoms with Crippen LogP contribution in [0.25, 0.3) is 10.6 Å². The van der Waals surface area contributed by atoms with Gasteiger partial charge in [0.2, 0.25) is 0 Å². The number of carbonyl (C=O) groups excluding carboxylic acids is 1. The Morgan fingerprint density at radius 1 is 1.16 bits per heavy atom. The van der Waals surface area contributed by atoms with Crippen LogP contribution in [0.4, 0.5) is 13.2 Å². The lowest BCUT2D eigenvalue weighted by molar-refractivity contribution is -0.211. The molecule has 38 heavy (non-hydrogen) atoms. The van der Waals surface area contributed by atoms with E-state index < -0.39 is 17.7 Å². The Labute approximate surface area is 228 Å². The van der Waals surface area contributed by atoms with Crippen LogP contribution >= 0.6 is 23.1 Å². The Hall–Kier alpha value is -2.60. The molecule has 0 amide bonds. The van der Waals surface area contributed by atoms with E-state index in [2.05, 4.69) is 4.90 Å². The van der Waals surface area contributed by atoms with Gasteiger partial charge in [0.1, 0.15) is 5.01 Å². The first kappa shape index (κ1) is 28.4. The van der Waals surface area contributed by atoms with Gasteiger partial charge in [0.05, 0.1) is 24.5 Å². The van der Waals surface area contributed by atoms with E-state index in [0.717, 1.165) is 46.3 Å². The normalized spacial score (nSPS) is 14.6. The van der Waals surface area contributed by atoms with E-state index in [1.54, 1.807) is 17.8 Å². The Morgan fingerprint density at radius 3 is 2.50 bits per heavy atom. The quantitative estimate of drug-likeness (QED) is 0.158. The van der Waals surface area contributed by atoms with Crippen molar-refractivity contribution < 1.29 is 32.5 Å². The lowest BCUT2D eigenvalue weighted by Gasteiger charge is -2.26. The van der Waals surface area contributed by atoms with Crippen LogP contribution in [0.5, 0.6) is 5.75 Å². The Bertz CT molecular complexity index is 1240. The molecule has 1 fully saturated rings. The number of benzene rings is 2. The van der Waals surface area contributed by atoms with E-state index in [0.29, 0.717) is 41.8 Å². The van der Waals surface area contributed by atoms with Gasteiger partial charge < -0.3 is 4.74 Å². The average molecular weight is 567 g/mol. The molecule has 0 unspecified atom stereocenters. The van der Waals surface area contributed by atoms with Crippen LogP contribution in [-0.4, -0.2) is 42.2 Å². The molecule has 3 aromatic rings. The number of hydrogen-bond donors (Lipinski definition) is 0. The molecule has 0 aliphatic carbocycles. The molecule has 0 radical (unpaired) electrons. The highest BCUT2D eigenvalue weighted by Gasteiger charge is 2.30. The molecule has 4 rings (SSSR count). The van der Waals surface area contributed by atoms with Gasteiger partial charge in [-0.15, -0.1) is 23.1 Å². The zero-order valence-corrected chi connectivity index (χ0v) is 23.0. The number of alkyl halides is 3. The summed E-state index contributed by atoms with van der Waals surface area (Å²) in [4.78, 5) is 30.3. The molecule has 0 atom stereocenters. The third-order valence-corrected chi connectivity index (χ3v) is 8.29. The van der Waals surface area contributed by atoms with Crippen molar-refractivity contribution >= 4 is 29.1 Å². The number of halogens is 3. The smallest absolute Gasteiger partial charge is 0.379 e. The maximum Gasteiger partial charge on any atom is 0.416 e. The maximum atomic E-state index is 13.0. The minimum atomic E-state index is -4.38. The first-order valence-electron chi connectivity index (χ1n) is 12.2. The number of morpholine rings is 1. The molecule has 1 aromatic heterocycles. The van der Waals surface area contributed by atoms with Crippen molar-refractivity contribution in [2.24, 2.45) is 0 Å². The Balaban J connectivity index is 1.56. The SMILES string of the molecule is CC(=O)OOc1ccc(SCc2sc(-c3ccc(C(F)(F)F)cc3)nc2CN2CCOCC2)cc1C(C)C. The molecule has 0 saturated carbocycles. The van der Waals surface area contributed by atoms with Crippen LogP contribution in [0.2, 0.25) is 0 Å². The van der Waals surface area contributed by atoms with Crippen LogP contribution in [0.15, 0.2) is 47.4 Å². The van der Waals surface area contributed by atoms with E-state index in [9.17, 15) is 18.0 Å². The number of hydrogen-bond acceptors (Lipinski definition) is 8. The number of aromatic nitrogens is 1. The van der Waals surface area contributed by atoms with E-state index in [-0.39, 0.29) is 5.92 Å². The summed E-state index contributed by atoms with van der Waals surface area (Å²) < 4.78 is 44.6. The van der Waals surface area contributed by atoms with E-state index >= 15 is 0 Å². The van der Waals surface area contributed by atoms with Crippen LogP contribution in [0, 0.1) is 0 Å². The molecule has 6 nitrogen and oxygen atoms in total. The van der Waals surface area contributed by atoms with Crippen molar-refractivity contribution in [3.63, 3.8) is 0 Å². The second kappa shape index (κ2) is 12.5. The molecule has 1 aliphatic rings. The molecular weight excluding hydrogens is 537 g/mol. The molecule has 1 saturated heterocycles. The summed E-state index contributed by atoms with van der Waals surface area (Å²) in [5, 5.41) is 0.700. The summed E-state index contributed by atoms with van der Waals surface area (Å²) in [6.45, 7) is 8.95. The molecular formula is C27H29F3N2O4S2. The molecule has 1 aliphatic heterocycles. The van der Waals surface area contributed by atoms with Gasteiger partial charge in [-0.3, -0.25) is 14.7 Å². The Morgan fingerprint density at radius 2 is 1.87 bits per heavy atom. The van der Waals surface area contributed by atoms with Gasteiger partial charge in [0.25, 0.3) is 0 Å². The van der Waals surface area contributed by atoms with E-state index in [1.807, 2.05) is 26.0 Å². The fourth-order valence-corrected chi connectivity index (χ4v) is 6.03. The summed E-state index contributed by atoms with van der Waals surface area (Å²) in [6.07, 6.45) is -4.38. The third kappa shape index (κ3) is 7.49. The lowest BCUT2D eigenvalue weighted by Crippen LogP contribution is -2.35. The second-order valence-electron chi connectivity index (χ2n) is 9.15. The van der Waals surface area contributed by atoms with Crippen molar-refractivity contribution in [3.05, 3.63) is 64.2 Å². The van der Waals surface area contributed by atoms with E-state index in [1.165, 1.54) is 30.4 Å². The maximum absolute atomic E-state index is 13.0. The van der Waals surface area contributed by atoms with Gasteiger partial charge in [-0.1, -0.05) is 26.0 Å². The topological polar surface area (TPSA) is 60.9 Å². The minimum Gasteiger partial charge on any atom is -0.379 e.